The van der Waals surface area contributed by atoms with E-state index in [0.717, 1.165) is 24.0 Å². The number of carbonyl (C=O) groups is 2. The lowest BCUT2D eigenvalue weighted by atomic mass is 9.96. The molecule has 3 aromatic rings. The lowest BCUT2D eigenvalue weighted by molar-refractivity contribution is -0.126. The first-order valence-corrected chi connectivity index (χ1v) is 10.3. The Morgan fingerprint density at radius 3 is 2.52 bits per heavy atom. The van der Waals surface area contributed by atoms with E-state index in [1.54, 1.807) is 15.9 Å². The molecule has 0 radical (unpaired) electrons. The Bertz CT molecular complexity index is 1020. The topological polar surface area (TPSA) is 80.1 Å². The van der Waals surface area contributed by atoms with Crippen LogP contribution in [0.5, 0.6) is 0 Å². The molecular formula is C23H24FN5O2. The number of likely N-dealkylation sites (tertiary alicyclic amines) is 1. The van der Waals surface area contributed by atoms with Crippen LogP contribution in [0.4, 0.5) is 4.39 Å². The summed E-state index contributed by atoms with van der Waals surface area (Å²) in [5, 5.41) is 7.08. The van der Waals surface area contributed by atoms with Gasteiger partial charge in [-0.15, -0.1) is 0 Å². The van der Waals surface area contributed by atoms with Crippen LogP contribution in [0.25, 0.3) is 0 Å². The van der Waals surface area contributed by atoms with Gasteiger partial charge in [-0.1, -0.05) is 24.3 Å². The van der Waals surface area contributed by atoms with Gasteiger partial charge in [0, 0.05) is 25.2 Å². The van der Waals surface area contributed by atoms with E-state index in [-0.39, 0.29) is 23.5 Å². The lowest BCUT2D eigenvalue weighted by Gasteiger charge is -2.32. The van der Waals surface area contributed by atoms with Crippen molar-refractivity contribution in [3.8, 4) is 0 Å². The number of carbonyl (C=O) groups excluding carboxylic acids is 2. The summed E-state index contributed by atoms with van der Waals surface area (Å²) in [5.74, 6) is -0.840. The highest BCUT2D eigenvalue weighted by Gasteiger charge is 2.28. The SMILES string of the molecule is O=C(NCc1ccc(Cn2cncn2)cc1)C1CCCN(C(=O)c2ccc(F)cc2)C1. The van der Waals surface area contributed by atoms with Crippen LogP contribution in [-0.2, 0) is 17.9 Å². The van der Waals surface area contributed by atoms with E-state index in [1.165, 1.54) is 30.6 Å². The molecule has 8 heteroatoms. The summed E-state index contributed by atoms with van der Waals surface area (Å²) < 4.78 is 14.9. The van der Waals surface area contributed by atoms with Crippen LogP contribution in [0.3, 0.4) is 0 Å². The highest BCUT2D eigenvalue weighted by Crippen LogP contribution is 2.19. The molecule has 1 fully saturated rings. The van der Waals surface area contributed by atoms with Crippen LogP contribution in [0.1, 0.15) is 34.3 Å². The van der Waals surface area contributed by atoms with Crippen molar-refractivity contribution >= 4 is 11.8 Å². The number of benzene rings is 2. The number of rotatable bonds is 6. The van der Waals surface area contributed by atoms with Crippen molar-refractivity contribution in [1.29, 1.82) is 0 Å². The molecular weight excluding hydrogens is 397 g/mol. The molecule has 2 amide bonds. The van der Waals surface area contributed by atoms with Crippen molar-refractivity contribution in [2.45, 2.75) is 25.9 Å². The van der Waals surface area contributed by atoms with E-state index in [1.807, 2.05) is 24.3 Å². The van der Waals surface area contributed by atoms with Crippen LogP contribution in [0, 0.1) is 11.7 Å². The molecule has 1 aliphatic heterocycles. The molecule has 1 N–H and O–H groups in total. The standard InChI is InChI=1S/C23H24FN5O2/c24-21-9-7-19(8-10-21)23(31)28-11-1-2-20(14-28)22(30)26-12-17-3-5-18(6-4-17)13-29-16-25-15-27-29/h3-10,15-16,20H,1-2,11-14H2,(H,26,30). The Hall–Kier alpha value is -3.55. The predicted molar refractivity (Wildman–Crippen MR) is 112 cm³/mol. The summed E-state index contributed by atoms with van der Waals surface area (Å²) in [4.78, 5) is 31.0. The molecule has 0 saturated carbocycles. The van der Waals surface area contributed by atoms with Gasteiger partial charge >= 0.3 is 0 Å². The van der Waals surface area contributed by atoms with Gasteiger partial charge in [0.05, 0.1) is 12.5 Å². The first-order valence-electron chi connectivity index (χ1n) is 10.3. The van der Waals surface area contributed by atoms with E-state index in [2.05, 4.69) is 15.4 Å². The molecule has 7 nitrogen and oxygen atoms in total. The van der Waals surface area contributed by atoms with E-state index < -0.39 is 0 Å². The molecule has 1 aliphatic rings. The molecule has 160 valence electrons. The van der Waals surface area contributed by atoms with Crippen molar-refractivity contribution in [1.82, 2.24) is 25.0 Å². The van der Waals surface area contributed by atoms with Gasteiger partial charge < -0.3 is 10.2 Å². The fourth-order valence-electron chi connectivity index (χ4n) is 3.75. The van der Waals surface area contributed by atoms with Crippen LogP contribution in [0.15, 0.2) is 61.2 Å². The second-order valence-electron chi connectivity index (χ2n) is 7.72. The molecule has 1 atom stereocenters. The zero-order valence-electron chi connectivity index (χ0n) is 17.1. The molecule has 1 aromatic heterocycles. The zero-order chi connectivity index (χ0) is 21.6. The summed E-state index contributed by atoms with van der Waals surface area (Å²) in [6.45, 7) is 2.06. The van der Waals surface area contributed by atoms with Crippen molar-refractivity contribution in [2.75, 3.05) is 13.1 Å². The van der Waals surface area contributed by atoms with Gasteiger partial charge in [0.15, 0.2) is 0 Å². The maximum atomic E-state index is 13.1. The van der Waals surface area contributed by atoms with Gasteiger partial charge in [0.25, 0.3) is 5.91 Å². The second-order valence-corrected chi connectivity index (χ2v) is 7.72. The largest absolute Gasteiger partial charge is 0.352 e. The molecule has 1 saturated heterocycles. The van der Waals surface area contributed by atoms with E-state index in [9.17, 15) is 14.0 Å². The van der Waals surface area contributed by atoms with E-state index >= 15 is 0 Å². The number of aromatic nitrogens is 3. The van der Waals surface area contributed by atoms with Crippen LogP contribution in [0.2, 0.25) is 0 Å². The Labute approximate surface area is 179 Å². The number of hydrogen-bond donors (Lipinski definition) is 1. The summed E-state index contributed by atoms with van der Waals surface area (Å²) >= 11 is 0. The molecule has 2 aromatic carbocycles. The monoisotopic (exact) mass is 421 g/mol. The second kappa shape index (κ2) is 9.51. The van der Waals surface area contributed by atoms with Gasteiger partial charge in [-0.05, 0) is 48.2 Å². The van der Waals surface area contributed by atoms with Crippen molar-refractivity contribution in [3.05, 3.63) is 83.7 Å². The number of hydrogen-bond acceptors (Lipinski definition) is 4. The summed E-state index contributed by atoms with van der Waals surface area (Å²) in [5.41, 5.74) is 2.54. The first-order chi connectivity index (χ1) is 15.1. The number of nitrogens with zero attached hydrogens (tertiary/aromatic N) is 4. The van der Waals surface area contributed by atoms with Crippen molar-refractivity contribution in [2.24, 2.45) is 5.92 Å². The normalized spacial score (nSPS) is 16.2. The number of piperidine rings is 1. The van der Waals surface area contributed by atoms with Crippen molar-refractivity contribution in [3.63, 3.8) is 0 Å². The maximum Gasteiger partial charge on any atom is 0.253 e. The average molecular weight is 421 g/mol. The Kier molecular flexibility index (Phi) is 6.35. The smallest absolute Gasteiger partial charge is 0.253 e. The third kappa shape index (κ3) is 5.33. The lowest BCUT2D eigenvalue weighted by Crippen LogP contribution is -2.45. The van der Waals surface area contributed by atoms with Gasteiger partial charge in [-0.3, -0.25) is 9.59 Å². The Balaban J connectivity index is 1.29. The van der Waals surface area contributed by atoms with Gasteiger partial charge in [-0.2, -0.15) is 5.10 Å². The molecule has 0 aliphatic carbocycles. The van der Waals surface area contributed by atoms with Crippen LogP contribution in [-0.4, -0.2) is 44.6 Å². The molecule has 2 heterocycles. The maximum absolute atomic E-state index is 13.1. The average Bonchev–Trinajstić information content (AvgIpc) is 3.31. The molecule has 0 spiro atoms. The summed E-state index contributed by atoms with van der Waals surface area (Å²) in [7, 11) is 0. The molecule has 0 bridgehead atoms. The number of nitrogens with one attached hydrogen (secondary N) is 1. The van der Waals surface area contributed by atoms with E-state index in [0.29, 0.717) is 31.7 Å². The van der Waals surface area contributed by atoms with Gasteiger partial charge in [-0.25, -0.2) is 14.1 Å². The van der Waals surface area contributed by atoms with Gasteiger partial charge in [0.1, 0.15) is 18.5 Å². The third-order valence-electron chi connectivity index (χ3n) is 5.47. The van der Waals surface area contributed by atoms with Crippen LogP contribution >= 0.6 is 0 Å². The molecule has 31 heavy (non-hydrogen) atoms. The third-order valence-corrected chi connectivity index (χ3v) is 5.47. The minimum atomic E-state index is -0.376. The highest BCUT2D eigenvalue weighted by molar-refractivity contribution is 5.94. The fraction of sp³-hybridized carbons (Fsp3) is 0.304. The zero-order valence-corrected chi connectivity index (χ0v) is 17.1. The van der Waals surface area contributed by atoms with Crippen molar-refractivity contribution < 1.29 is 14.0 Å². The fourth-order valence-corrected chi connectivity index (χ4v) is 3.75. The minimum Gasteiger partial charge on any atom is -0.352 e. The Morgan fingerprint density at radius 2 is 1.81 bits per heavy atom. The highest BCUT2D eigenvalue weighted by atomic mass is 19.1. The van der Waals surface area contributed by atoms with Gasteiger partial charge in [0.2, 0.25) is 5.91 Å². The molecule has 1 unspecified atom stereocenters. The molecule has 4 rings (SSSR count). The minimum absolute atomic E-state index is 0.0525. The van der Waals surface area contributed by atoms with E-state index in [4.69, 9.17) is 0 Å². The quantitative estimate of drug-likeness (QED) is 0.664. The first kappa shape index (κ1) is 20.7. The number of halogens is 1. The predicted octanol–water partition coefficient (Wildman–Crippen LogP) is 2.63. The number of amides is 2. The summed E-state index contributed by atoms with van der Waals surface area (Å²) in [6.07, 6.45) is 4.68. The summed E-state index contributed by atoms with van der Waals surface area (Å²) in [6, 6.07) is 13.5. The van der Waals surface area contributed by atoms with Crippen LogP contribution < -0.4 is 5.32 Å². The Morgan fingerprint density at radius 1 is 1.06 bits per heavy atom.